The molecule has 1 unspecified atom stereocenters. The Morgan fingerprint density at radius 2 is 1.69 bits per heavy atom. The van der Waals surface area contributed by atoms with Gasteiger partial charge in [0.05, 0.1) is 18.2 Å². The number of imide groups is 1. The Hall–Kier alpha value is -4.44. The summed E-state index contributed by atoms with van der Waals surface area (Å²) in [4.78, 5) is 39.8. The van der Waals surface area contributed by atoms with E-state index in [1.807, 2.05) is 30.3 Å². The second kappa shape index (κ2) is 10.0. The van der Waals surface area contributed by atoms with Crippen molar-refractivity contribution in [2.24, 2.45) is 16.5 Å². The molecule has 0 fully saturated rings. The van der Waals surface area contributed by atoms with E-state index in [-0.39, 0.29) is 17.9 Å². The maximum atomic E-state index is 12.4. The highest BCUT2D eigenvalue weighted by atomic mass is 16.4. The van der Waals surface area contributed by atoms with Crippen molar-refractivity contribution in [3.63, 3.8) is 0 Å². The predicted molar refractivity (Wildman–Crippen MR) is 120 cm³/mol. The van der Waals surface area contributed by atoms with Gasteiger partial charge in [-0.3, -0.25) is 20.3 Å². The Kier molecular flexibility index (Phi) is 6.99. The number of hydrogen-bond donors (Lipinski definition) is 6. The average molecular weight is 434 g/mol. The van der Waals surface area contributed by atoms with E-state index in [9.17, 15) is 19.5 Å². The largest absolute Gasteiger partial charge is 0.481 e. The van der Waals surface area contributed by atoms with E-state index in [0.29, 0.717) is 11.3 Å². The molecule has 1 atom stereocenters. The van der Waals surface area contributed by atoms with Crippen LogP contribution in [0.1, 0.15) is 28.4 Å². The number of hydrazine groups is 1. The Labute approximate surface area is 183 Å². The standard InChI is InChI=1S/C22H22N6O4/c23-21(24)25-15-8-3-7-14(11-15)20(31)26-22(32)28-27-18(12-19(29)30)17-10-4-6-13-5-1-2-9-16(13)17/h1-11,18,27H,12H2,(H,29,30)(H4,23,24,25)(H2,26,28,31,32). The summed E-state index contributed by atoms with van der Waals surface area (Å²) >= 11 is 0. The zero-order valence-electron chi connectivity index (χ0n) is 16.9. The number of guanidine groups is 1. The Bertz CT molecular complexity index is 1180. The molecule has 0 radical (unpaired) electrons. The number of aliphatic imine (C=N–C) groups is 1. The van der Waals surface area contributed by atoms with Gasteiger partial charge < -0.3 is 16.6 Å². The van der Waals surface area contributed by atoms with E-state index in [2.05, 4.69) is 21.2 Å². The van der Waals surface area contributed by atoms with Crippen LogP contribution in [0.15, 0.2) is 71.7 Å². The molecular formula is C22H22N6O4. The van der Waals surface area contributed by atoms with Crippen molar-refractivity contribution in [1.82, 2.24) is 16.2 Å². The first-order valence-electron chi connectivity index (χ1n) is 9.59. The zero-order valence-corrected chi connectivity index (χ0v) is 16.9. The fourth-order valence-corrected chi connectivity index (χ4v) is 3.19. The number of carbonyl (C=O) groups is 3. The topological polar surface area (TPSA) is 172 Å². The number of aliphatic carboxylic acids is 1. The maximum Gasteiger partial charge on any atom is 0.336 e. The van der Waals surface area contributed by atoms with Crippen molar-refractivity contribution in [1.29, 1.82) is 0 Å². The normalized spacial score (nSPS) is 11.4. The van der Waals surface area contributed by atoms with Crippen LogP contribution in [0, 0.1) is 0 Å². The van der Waals surface area contributed by atoms with Crippen LogP contribution < -0.4 is 27.6 Å². The molecule has 0 bridgehead atoms. The molecule has 0 heterocycles. The molecule has 32 heavy (non-hydrogen) atoms. The number of benzene rings is 3. The molecule has 8 N–H and O–H groups in total. The van der Waals surface area contributed by atoms with Crippen LogP contribution in [-0.2, 0) is 4.79 Å². The number of nitrogens with two attached hydrogens (primary N) is 2. The number of nitrogens with zero attached hydrogens (tertiary/aromatic N) is 1. The van der Waals surface area contributed by atoms with Crippen molar-refractivity contribution in [3.8, 4) is 0 Å². The number of fused-ring (bicyclic) bond motifs is 1. The van der Waals surface area contributed by atoms with Crippen molar-refractivity contribution < 1.29 is 19.5 Å². The number of amides is 3. The van der Waals surface area contributed by atoms with Gasteiger partial charge >= 0.3 is 12.0 Å². The highest BCUT2D eigenvalue weighted by molar-refractivity contribution is 6.04. The smallest absolute Gasteiger partial charge is 0.336 e. The third-order valence-electron chi connectivity index (χ3n) is 4.53. The molecule has 164 valence electrons. The summed E-state index contributed by atoms with van der Waals surface area (Å²) in [5.74, 6) is -1.90. The monoisotopic (exact) mass is 434 g/mol. The molecule has 3 aromatic rings. The average Bonchev–Trinajstić information content (AvgIpc) is 2.75. The second-order valence-electron chi connectivity index (χ2n) is 6.86. The summed E-state index contributed by atoms with van der Waals surface area (Å²) in [5, 5.41) is 13.3. The lowest BCUT2D eigenvalue weighted by Crippen LogP contribution is -2.48. The summed E-state index contributed by atoms with van der Waals surface area (Å²) in [6.07, 6.45) is -0.289. The summed E-state index contributed by atoms with van der Waals surface area (Å²) < 4.78 is 0. The first kappa shape index (κ1) is 22.2. The van der Waals surface area contributed by atoms with Gasteiger partial charge in [-0.25, -0.2) is 15.2 Å². The van der Waals surface area contributed by atoms with Gasteiger partial charge in [0.15, 0.2) is 5.96 Å². The molecule has 3 rings (SSSR count). The third kappa shape index (κ3) is 5.80. The van der Waals surface area contributed by atoms with Crippen LogP contribution in [0.3, 0.4) is 0 Å². The molecule has 0 aliphatic carbocycles. The quantitative estimate of drug-likeness (QED) is 0.187. The predicted octanol–water partition coefficient (Wildman–Crippen LogP) is 1.90. The van der Waals surface area contributed by atoms with E-state index in [1.165, 1.54) is 12.1 Å². The fourth-order valence-electron chi connectivity index (χ4n) is 3.19. The number of carbonyl (C=O) groups excluding carboxylic acids is 2. The summed E-state index contributed by atoms with van der Waals surface area (Å²) in [5.41, 5.74) is 16.9. The lowest BCUT2D eigenvalue weighted by molar-refractivity contribution is -0.137. The van der Waals surface area contributed by atoms with Gasteiger partial charge in [0.1, 0.15) is 0 Å². The van der Waals surface area contributed by atoms with Gasteiger partial charge in [0.25, 0.3) is 5.91 Å². The number of carboxylic acid groups (broad SMARTS) is 1. The van der Waals surface area contributed by atoms with Crippen LogP contribution in [-0.4, -0.2) is 29.0 Å². The second-order valence-corrected chi connectivity index (χ2v) is 6.86. The van der Waals surface area contributed by atoms with Gasteiger partial charge in [-0.05, 0) is 34.5 Å². The van der Waals surface area contributed by atoms with Crippen molar-refractivity contribution in [3.05, 3.63) is 77.9 Å². The Balaban J connectivity index is 1.70. The van der Waals surface area contributed by atoms with Crippen LogP contribution in [0.4, 0.5) is 10.5 Å². The summed E-state index contributed by atoms with van der Waals surface area (Å²) in [7, 11) is 0. The lowest BCUT2D eigenvalue weighted by Gasteiger charge is -2.20. The third-order valence-corrected chi connectivity index (χ3v) is 4.53. The van der Waals surface area contributed by atoms with Gasteiger partial charge in [0, 0.05) is 5.56 Å². The molecule has 3 amide bonds. The molecule has 10 nitrogen and oxygen atoms in total. The molecular weight excluding hydrogens is 412 g/mol. The highest BCUT2D eigenvalue weighted by Gasteiger charge is 2.19. The van der Waals surface area contributed by atoms with Crippen LogP contribution in [0.25, 0.3) is 10.8 Å². The first-order valence-corrected chi connectivity index (χ1v) is 9.59. The number of nitrogens with one attached hydrogen (secondary N) is 3. The molecule has 0 spiro atoms. The minimum atomic E-state index is -1.05. The van der Waals surface area contributed by atoms with E-state index >= 15 is 0 Å². The molecule has 0 aliphatic heterocycles. The van der Waals surface area contributed by atoms with Crippen molar-refractivity contribution in [2.75, 3.05) is 0 Å². The minimum Gasteiger partial charge on any atom is -0.481 e. The zero-order chi connectivity index (χ0) is 23.1. The van der Waals surface area contributed by atoms with Crippen molar-refractivity contribution in [2.45, 2.75) is 12.5 Å². The van der Waals surface area contributed by atoms with E-state index in [4.69, 9.17) is 11.5 Å². The van der Waals surface area contributed by atoms with Crippen LogP contribution >= 0.6 is 0 Å². The number of urea groups is 1. The molecule has 10 heteroatoms. The molecule has 3 aromatic carbocycles. The van der Waals surface area contributed by atoms with E-state index in [1.54, 1.807) is 24.3 Å². The fraction of sp³-hybridized carbons (Fsp3) is 0.0909. The summed E-state index contributed by atoms with van der Waals surface area (Å²) in [6, 6.07) is 17.5. The van der Waals surface area contributed by atoms with Gasteiger partial charge in [-0.15, -0.1) is 0 Å². The number of hydrogen-bond acceptors (Lipinski definition) is 5. The number of rotatable bonds is 7. The highest BCUT2D eigenvalue weighted by Crippen LogP contribution is 2.26. The SMILES string of the molecule is NC(N)=Nc1cccc(C(=O)NC(=O)NNC(CC(=O)O)c2cccc3ccccc23)c1. The molecule has 0 aromatic heterocycles. The first-order chi connectivity index (χ1) is 15.3. The maximum absolute atomic E-state index is 12.4. The molecule has 0 aliphatic rings. The van der Waals surface area contributed by atoms with Crippen LogP contribution in [0.5, 0.6) is 0 Å². The van der Waals surface area contributed by atoms with Crippen molar-refractivity contribution >= 4 is 40.3 Å². The van der Waals surface area contributed by atoms with E-state index in [0.717, 1.165) is 10.8 Å². The number of carboxylic acids is 1. The van der Waals surface area contributed by atoms with Gasteiger partial charge in [-0.1, -0.05) is 48.5 Å². The van der Waals surface area contributed by atoms with E-state index < -0.39 is 23.9 Å². The Morgan fingerprint density at radius 3 is 2.44 bits per heavy atom. The lowest BCUT2D eigenvalue weighted by atomic mass is 9.97. The van der Waals surface area contributed by atoms with Gasteiger partial charge in [-0.2, -0.15) is 0 Å². The summed E-state index contributed by atoms with van der Waals surface area (Å²) in [6.45, 7) is 0. The minimum absolute atomic E-state index is 0.164. The molecule has 0 saturated carbocycles. The van der Waals surface area contributed by atoms with Gasteiger partial charge in [0.2, 0.25) is 0 Å². The molecule has 0 saturated heterocycles. The Morgan fingerprint density at radius 1 is 0.969 bits per heavy atom. The van der Waals surface area contributed by atoms with Crippen LogP contribution in [0.2, 0.25) is 0 Å².